The molecule has 1 aromatic heterocycles. The van der Waals surface area contributed by atoms with Gasteiger partial charge < -0.3 is 4.98 Å². The second kappa shape index (κ2) is 3.84. The van der Waals surface area contributed by atoms with Crippen molar-refractivity contribution in [1.29, 1.82) is 0 Å². The Hall–Kier alpha value is -2.04. The summed E-state index contributed by atoms with van der Waals surface area (Å²) in [6, 6.07) is 5.18. The van der Waals surface area contributed by atoms with E-state index in [0.29, 0.717) is 12.1 Å². The first-order valence-electron chi connectivity index (χ1n) is 4.42. The minimum Gasteiger partial charge on any atom is -0.322 e. The zero-order chi connectivity index (χ0) is 11.7. The van der Waals surface area contributed by atoms with Crippen LogP contribution in [-0.4, -0.2) is 4.98 Å². The summed E-state index contributed by atoms with van der Waals surface area (Å²) in [7, 11) is 0. The molecule has 0 aliphatic heterocycles. The van der Waals surface area contributed by atoms with Crippen LogP contribution in [0.1, 0.15) is 0 Å². The highest BCUT2D eigenvalue weighted by atomic mass is 19.2. The molecule has 0 amide bonds. The van der Waals surface area contributed by atoms with Crippen molar-refractivity contribution in [1.82, 2.24) is 4.98 Å². The molecule has 2 nitrogen and oxygen atoms in total. The molecule has 0 spiro atoms. The maximum atomic E-state index is 13.3. The van der Waals surface area contributed by atoms with Crippen LogP contribution in [0.25, 0.3) is 11.3 Å². The molecular formula is C11H6F3NO. The lowest BCUT2D eigenvalue weighted by Gasteiger charge is -2.03. The van der Waals surface area contributed by atoms with E-state index < -0.39 is 23.0 Å². The molecule has 2 aromatic rings. The van der Waals surface area contributed by atoms with Gasteiger partial charge >= 0.3 is 0 Å². The van der Waals surface area contributed by atoms with Crippen LogP contribution in [0.4, 0.5) is 13.2 Å². The minimum atomic E-state index is -1.26. The minimum absolute atomic E-state index is 0.101. The van der Waals surface area contributed by atoms with Crippen molar-refractivity contribution in [3.63, 3.8) is 0 Å². The van der Waals surface area contributed by atoms with E-state index in [2.05, 4.69) is 4.98 Å². The Morgan fingerprint density at radius 2 is 1.62 bits per heavy atom. The summed E-state index contributed by atoms with van der Waals surface area (Å²) in [6.45, 7) is 0. The van der Waals surface area contributed by atoms with Gasteiger partial charge in [0.15, 0.2) is 11.6 Å². The predicted molar refractivity (Wildman–Crippen MR) is 52.4 cm³/mol. The summed E-state index contributed by atoms with van der Waals surface area (Å²) in [5.41, 5.74) is -0.526. The average molecular weight is 225 g/mol. The molecule has 0 fully saturated rings. The fraction of sp³-hybridized carbons (Fsp3) is 0. The summed E-state index contributed by atoms with van der Waals surface area (Å²) in [5.74, 6) is -3.36. The lowest BCUT2D eigenvalue weighted by molar-refractivity contribution is 0.496. The van der Waals surface area contributed by atoms with Crippen LogP contribution in [0.15, 0.2) is 35.1 Å². The Balaban J connectivity index is 2.65. The zero-order valence-electron chi connectivity index (χ0n) is 7.93. The van der Waals surface area contributed by atoms with E-state index in [1.54, 1.807) is 0 Å². The maximum Gasteiger partial charge on any atom is 0.248 e. The second-order valence-electron chi connectivity index (χ2n) is 3.17. The monoisotopic (exact) mass is 225 g/mol. The molecule has 5 heteroatoms. The van der Waals surface area contributed by atoms with Gasteiger partial charge in [0, 0.05) is 17.7 Å². The van der Waals surface area contributed by atoms with Crippen LogP contribution in [0.5, 0.6) is 0 Å². The van der Waals surface area contributed by atoms with Gasteiger partial charge in [0.05, 0.1) is 5.69 Å². The van der Waals surface area contributed by atoms with Crippen molar-refractivity contribution in [2.75, 3.05) is 0 Å². The predicted octanol–water partition coefficient (Wildman–Crippen LogP) is 2.46. The fourth-order valence-corrected chi connectivity index (χ4v) is 1.33. The maximum absolute atomic E-state index is 13.3. The normalized spacial score (nSPS) is 10.4. The molecule has 1 aromatic carbocycles. The molecule has 0 saturated heterocycles. The zero-order valence-corrected chi connectivity index (χ0v) is 7.93. The topological polar surface area (TPSA) is 32.9 Å². The van der Waals surface area contributed by atoms with Crippen LogP contribution >= 0.6 is 0 Å². The quantitative estimate of drug-likeness (QED) is 0.743. The van der Waals surface area contributed by atoms with Gasteiger partial charge in [-0.05, 0) is 12.1 Å². The number of nitrogens with one attached hydrogen (secondary N) is 1. The van der Waals surface area contributed by atoms with E-state index in [0.717, 1.165) is 0 Å². The number of pyridine rings is 1. The number of aromatic nitrogens is 1. The SMILES string of the molecule is O=c1cccc(-c2cc(F)c(F)cc2F)[nH]1. The van der Waals surface area contributed by atoms with E-state index in [4.69, 9.17) is 0 Å². The van der Waals surface area contributed by atoms with Crippen LogP contribution in [0, 0.1) is 17.5 Å². The van der Waals surface area contributed by atoms with Crippen molar-refractivity contribution in [2.24, 2.45) is 0 Å². The molecule has 1 N–H and O–H groups in total. The van der Waals surface area contributed by atoms with Gasteiger partial charge in [-0.3, -0.25) is 4.79 Å². The molecule has 16 heavy (non-hydrogen) atoms. The molecule has 0 aliphatic rings. The molecule has 0 bridgehead atoms. The van der Waals surface area contributed by atoms with Gasteiger partial charge in [0.2, 0.25) is 5.56 Å². The standard InChI is InChI=1S/C11H6F3NO/c12-7-5-9(14)8(13)4-6(7)10-2-1-3-11(16)15-10/h1-5H,(H,15,16). The molecule has 0 atom stereocenters. The number of hydrogen-bond acceptors (Lipinski definition) is 1. The van der Waals surface area contributed by atoms with E-state index >= 15 is 0 Å². The first-order valence-corrected chi connectivity index (χ1v) is 4.42. The van der Waals surface area contributed by atoms with Gasteiger partial charge in [0.25, 0.3) is 0 Å². The van der Waals surface area contributed by atoms with E-state index in [-0.39, 0.29) is 11.3 Å². The van der Waals surface area contributed by atoms with Gasteiger partial charge in [-0.25, -0.2) is 13.2 Å². The van der Waals surface area contributed by atoms with Crippen molar-refractivity contribution < 1.29 is 13.2 Å². The van der Waals surface area contributed by atoms with Crippen LogP contribution in [0.3, 0.4) is 0 Å². The van der Waals surface area contributed by atoms with Crippen molar-refractivity contribution >= 4 is 0 Å². The number of rotatable bonds is 1. The summed E-state index contributed by atoms with van der Waals surface area (Å²) in [6.07, 6.45) is 0. The molecule has 0 aliphatic carbocycles. The third-order valence-electron chi connectivity index (χ3n) is 2.07. The van der Waals surface area contributed by atoms with E-state index in [9.17, 15) is 18.0 Å². The first-order chi connectivity index (χ1) is 7.58. The van der Waals surface area contributed by atoms with Gasteiger partial charge in [-0.1, -0.05) is 6.07 Å². The lowest BCUT2D eigenvalue weighted by Crippen LogP contribution is -2.04. The van der Waals surface area contributed by atoms with E-state index in [1.165, 1.54) is 18.2 Å². The second-order valence-corrected chi connectivity index (χ2v) is 3.17. The average Bonchev–Trinajstić information content (AvgIpc) is 2.23. The lowest BCUT2D eigenvalue weighted by atomic mass is 10.1. The van der Waals surface area contributed by atoms with Crippen LogP contribution in [-0.2, 0) is 0 Å². The summed E-state index contributed by atoms with van der Waals surface area (Å²) in [5, 5.41) is 0. The highest BCUT2D eigenvalue weighted by Gasteiger charge is 2.11. The molecule has 1 heterocycles. The van der Waals surface area contributed by atoms with Crippen LogP contribution in [0.2, 0.25) is 0 Å². The largest absolute Gasteiger partial charge is 0.322 e. The summed E-state index contributed by atoms with van der Waals surface area (Å²) >= 11 is 0. The molecule has 82 valence electrons. The number of hydrogen-bond donors (Lipinski definition) is 1. The number of halogens is 3. The van der Waals surface area contributed by atoms with Gasteiger partial charge in [0.1, 0.15) is 5.82 Å². The van der Waals surface area contributed by atoms with Gasteiger partial charge in [-0.2, -0.15) is 0 Å². The van der Waals surface area contributed by atoms with Crippen molar-refractivity contribution in [2.45, 2.75) is 0 Å². The third-order valence-corrected chi connectivity index (χ3v) is 2.07. The molecule has 2 rings (SSSR count). The highest BCUT2D eigenvalue weighted by Crippen LogP contribution is 2.22. The molecule has 0 radical (unpaired) electrons. The summed E-state index contributed by atoms with van der Waals surface area (Å²) < 4.78 is 38.9. The Bertz CT molecular complexity index is 592. The Morgan fingerprint density at radius 1 is 0.938 bits per heavy atom. The number of H-pyrrole nitrogens is 1. The Kier molecular flexibility index (Phi) is 2.52. The number of aromatic amines is 1. The highest BCUT2D eigenvalue weighted by molar-refractivity contribution is 5.59. The van der Waals surface area contributed by atoms with E-state index in [1.807, 2.05) is 0 Å². The Labute approximate surface area is 88.4 Å². The molecule has 0 saturated carbocycles. The molecular weight excluding hydrogens is 219 g/mol. The summed E-state index contributed by atoms with van der Waals surface area (Å²) in [4.78, 5) is 13.3. The Morgan fingerprint density at radius 3 is 2.31 bits per heavy atom. The van der Waals surface area contributed by atoms with Gasteiger partial charge in [-0.15, -0.1) is 0 Å². The fourth-order valence-electron chi connectivity index (χ4n) is 1.33. The third kappa shape index (κ3) is 1.84. The smallest absolute Gasteiger partial charge is 0.248 e. The number of benzene rings is 1. The first kappa shape index (κ1) is 10.5. The van der Waals surface area contributed by atoms with Crippen molar-refractivity contribution in [3.05, 3.63) is 58.1 Å². The molecule has 0 unspecified atom stereocenters. The van der Waals surface area contributed by atoms with Crippen molar-refractivity contribution in [3.8, 4) is 11.3 Å². The van der Waals surface area contributed by atoms with Crippen LogP contribution < -0.4 is 5.56 Å².